The molecule has 2 aliphatic heterocycles. The number of fused-ring (bicyclic) bond motifs is 2. The van der Waals surface area contributed by atoms with Gasteiger partial charge in [0.1, 0.15) is 5.82 Å². The van der Waals surface area contributed by atoms with Crippen LogP contribution in [0.5, 0.6) is 0 Å². The van der Waals surface area contributed by atoms with Gasteiger partial charge in [-0.3, -0.25) is 9.59 Å². The molecular weight excluding hydrogens is 382 g/mol. The molecule has 7 nitrogen and oxygen atoms in total. The quantitative estimate of drug-likeness (QED) is 0.626. The lowest BCUT2D eigenvalue weighted by Crippen LogP contribution is -2.33. The molecule has 7 heteroatoms. The summed E-state index contributed by atoms with van der Waals surface area (Å²) in [5.74, 6) is -1.38. The predicted octanol–water partition coefficient (Wildman–Crippen LogP) is 3.64. The highest BCUT2D eigenvalue weighted by atomic mass is 16.7. The minimum Gasteiger partial charge on any atom is -0.327 e. The maximum atomic E-state index is 13.0. The second-order valence-electron chi connectivity index (χ2n) is 7.39. The van der Waals surface area contributed by atoms with E-state index in [-0.39, 0.29) is 16.8 Å². The summed E-state index contributed by atoms with van der Waals surface area (Å²) in [6.45, 7) is 0.757. The Bertz CT molecular complexity index is 1130. The maximum absolute atomic E-state index is 13.0. The maximum Gasteiger partial charge on any atom is 0.384 e. The lowest BCUT2D eigenvalue weighted by Gasteiger charge is -2.12. The summed E-state index contributed by atoms with van der Waals surface area (Å²) < 4.78 is 2.06. The van der Waals surface area contributed by atoms with Crippen LogP contribution in [-0.4, -0.2) is 32.4 Å². The first-order valence-corrected chi connectivity index (χ1v) is 10.00. The first-order chi connectivity index (χ1) is 14.6. The summed E-state index contributed by atoms with van der Waals surface area (Å²) >= 11 is 0. The molecule has 2 aromatic carbocycles. The van der Waals surface area contributed by atoms with E-state index in [1.807, 2.05) is 30.3 Å². The molecule has 30 heavy (non-hydrogen) atoms. The molecule has 3 heterocycles. The van der Waals surface area contributed by atoms with Gasteiger partial charge in [-0.05, 0) is 31.4 Å². The van der Waals surface area contributed by atoms with Crippen molar-refractivity contribution in [2.24, 2.45) is 0 Å². The van der Waals surface area contributed by atoms with E-state index in [0.29, 0.717) is 17.3 Å². The van der Waals surface area contributed by atoms with E-state index in [1.165, 1.54) is 0 Å². The van der Waals surface area contributed by atoms with Crippen molar-refractivity contribution in [1.29, 1.82) is 0 Å². The highest BCUT2D eigenvalue weighted by Gasteiger charge is 2.39. The third kappa shape index (κ3) is 2.90. The monoisotopic (exact) mass is 401 g/mol. The average molecular weight is 401 g/mol. The van der Waals surface area contributed by atoms with E-state index in [4.69, 9.17) is 4.84 Å². The van der Waals surface area contributed by atoms with Gasteiger partial charge >= 0.3 is 5.97 Å². The zero-order valence-corrected chi connectivity index (χ0v) is 16.2. The molecule has 0 fully saturated rings. The zero-order chi connectivity index (χ0) is 20.7. The van der Waals surface area contributed by atoms with Crippen LogP contribution >= 0.6 is 0 Å². The van der Waals surface area contributed by atoms with Crippen LogP contribution in [0.1, 0.15) is 56.2 Å². The van der Waals surface area contributed by atoms with Crippen molar-refractivity contribution in [3.63, 3.8) is 0 Å². The highest BCUT2D eigenvalue weighted by Crippen LogP contribution is 2.29. The van der Waals surface area contributed by atoms with Gasteiger partial charge in [-0.25, -0.2) is 9.78 Å². The van der Waals surface area contributed by atoms with Crippen LogP contribution < -0.4 is 0 Å². The number of benzene rings is 2. The fraction of sp³-hybridized carbons (Fsp3) is 0.217. The number of imidazole rings is 1. The van der Waals surface area contributed by atoms with Crippen molar-refractivity contribution in [3.8, 4) is 11.4 Å². The van der Waals surface area contributed by atoms with Gasteiger partial charge in [0.15, 0.2) is 5.69 Å². The van der Waals surface area contributed by atoms with Gasteiger partial charge in [-0.15, -0.1) is 0 Å². The molecule has 0 bridgehead atoms. The van der Waals surface area contributed by atoms with E-state index < -0.39 is 17.8 Å². The molecule has 1 aromatic heterocycles. The fourth-order valence-corrected chi connectivity index (χ4v) is 4.07. The van der Waals surface area contributed by atoms with Crippen LogP contribution in [0.4, 0.5) is 0 Å². The van der Waals surface area contributed by atoms with E-state index in [9.17, 15) is 14.4 Å². The fourth-order valence-electron chi connectivity index (χ4n) is 4.07. The molecule has 0 N–H and O–H groups in total. The van der Waals surface area contributed by atoms with Crippen molar-refractivity contribution >= 4 is 17.8 Å². The first kappa shape index (κ1) is 18.3. The minimum atomic E-state index is -0.794. The van der Waals surface area contributed by atoms with Crippen LogP contribution in [0.3, 0.4) is 0 Å². The molecule has 0 radical (unpaired) electrons. The lowest BCUT2D eigenvalue weighted by atomic mass is 10.1. The van der Waals surface area contributed by atoms with Crippen LogP contribution in [0.25, 0.3) is 11.4 Å². The Morgan fingerprint density at radius 2 is 1.53 bits per heavy atom. The number of carbonyl (C=O) groups excluding carboxylic acids is 3. The first-order valence-electron chi connectivity index (χ1n) is 10.00. The molecule has 0 saturated heterocycles. The normalized spacial score (nSPS) is 15.5. The van der Waals surface area contributed by atoms with Gasteiger partial charge < -0.3 is 9.40 Å². The summed E-state index contributed by atoms with van der Waals surface area (Å²) in [7, 11) is 0. The van der Waals surface area contributed by atoms with Gasteiger partial charge in [-0.2, -0.15) is 0 Å². The molecule has 3 aromatic rings. The summed E-state index contributed by atoms with van der Waals surface area (Å²) in [6, 6.07) is 16.1. The summed E-state index contributed by atoms with van der Waals surface area (Å²) in [5.41, 5.74) is 2.30. The second-order valence-corrected chi connectivity index (χ2v) is 7.39. The summed E-state index contributed by atoms with van der Waals surface area (Å²) in [6.07, 6.45) is 3.68. The molecule has 0 saturated carbocycles. The predicted molar refractivity (Wildman–Crippen MR) is 108 cm³/mol. The topological polar surface area (TPSA) is 81.5 Å². The van der Waals surface area contributed by atoms with Crippen LogP contribution in [0.2, 0.25) is 0 Å². The largest absolute Gasteiger partial charge is 0.384 e. The third-order valence-corrected chi connectivity index (χ3v) is 5.52. The number of hydrogen-bond donors (Lipinski definition) is 0. The molecular formula is C23H19N3O4. The highest BCUT2D eigenvalue weighted by molar-refractivity contribution is 6.21. The summed E-state index contributed by atoms with van der Waals surface area (Å²) in [4.78, 5) is 48.0. The molecule has 2 amide bonds. The van der Waals surface area contributed by atoms with Crippen molar-refractivity contribution in [2.75, 3.05) is 0 Å². The van der Waals surface area contributed by atoms with E-state index >= 15 is 0 Å². The Balaban J connectivity index is 1.50. The number of amides is 2. The lowest BCUT2D eigenvalue weighted by molar-refractivity contribution is -0.0589. The smallest absolute Gasteiger partial charge is 0.327 e. The van der Waals surface area contributed by atoms with E-state index in [2.05, 4.69) is 9.55 Å². The van der Waals surface area contributed by atoms with Gasteiger partial charge in [0, 0.05) is 12.1 Å². The molecule has 0 unspecified atom stereocenters. The van der Waals surface area contributed by atoms with Crippen LogP contribution in [0, 0.1) is 0 Å². The van der Waals surface area contributed by atoms with E-state index in [0.717, 1.165) is 37.1 Å². The molecule has 150 valence electrons. The van der Waals surface area contributed by atoms with Crippen molar-refractivity contribution in [3.05, 3.63) is 77.1 Å². The second kappa shape index (κ2) is 7.26. The number of hydroxylamine groups is 2. The Morgan fingerprint density at radius 3 is 2.23 bits per heavy atom. The Hall–Kier alpha value is -3.74. The number of hydrogen-bond acceptors (Lipinski definition) is 5. The van der Waals surface area contributed by atoms with Crippen molar-refractivity contribution in [1.82, 2.24) is 14.6 Å². The number of aromatic nitrogens is 2. The molecule has 0 spiro atoms. The van der Waals surface area contributed by atoms with Gasteiger partial charge in [0.2, 0.25) is 0 Å². The molecule has 5 rings (SSSR count). The van der Waals surface area contributed by atoms with Crippen LogP contribution in [0.15, 0.2) is 54.6 Å². The Morgan fingerprint density at radius 1 is 0.867 bits per heavy atom. The van der Waals surface area contributed by atoms with E-state index in [1.54, 1.807) is 24.3 Å². The number of nitrogens with zero attached hydrogens (tertiary/aromatic N) is 3. The molecule has 0 aliphatic carbocycles. The third-order valence-electron chi connectivity index (χ3n) is 5.52. The zero-order valence-electron chi connectivity index (χ0n) is 16.2. The number of carbonyl (C=O) groups is 3. The minimum absolute atomic E-state index is 0.160. The van der Waals surface area contributed by atoms with Crippen molar-refractivity contribution < 1.29 is 19.2 Å². The van der Waals surface area contributed by atoms with Gasteiger partial charge in [0.25, 0.3) is 11.8 Å². The average Bonchev–Trinajstić information content (AvgIpc) is 3.12. The Kier molecular flexibility index (Phi) is 4.43. The molecule has 2 aliphatic rings. The number of rotatable bonds is 3. The van der Waals surface area contributed by atoms with Crippen LogP contribution in [-0.2, 0) is 17.8 Å². The SMILES string of the molecule is O=C(ON1C(=O)c2ccccc2C1=O)c1nc(-c2ccccc2)n2c1CCCCC2. The number of imide groups is 1. The standard InChI is InChI=1S/C23H19N3O4/c27-21-16-11-6-7-12-17(16)22(28)26(21)30-23(29)19-18-13-5-2-8-14-25(18)20(24-19)15-9-3-1-4-10-15/h1,3-4,6-7,9-12H,2,5,8,13-14H2. The van der Waals surface area contributed by atoms with Gasteiger partial charge in [-0.1, -0.05) is 53.9 Å². The Labute approximate surface area is 172 Å². The van der Waals surface area contributed by atoms with Gasteiger partial charge in [0.05, 0.1) is 16.8 Å². The van der Waals surface area contributed by atoms with Crippen molar-refractivity contribution in [2.45, 2.75) is 32.2 Å². The summed E-state index contributed by atoms with van der Waals surface area (Å²) in [5, 5.41) is 0.539. The molecule has 0 atom stereocenters.